The molecule has 0 bridgehead atoms. The van der Waals surface area contributed by atoms with Crippen LogP contribution in [-0.2, 0) is 17.6 Å². The molecule has 0 aliphatic heterocycles. The summed E-state index contributed by atoms with van der Waals surface area (Å²) < 4.78 is 5.44. The number of aliphatic carboxylic acids is 1. The van der Waals surface area contributed by atoms with E-state index in [0.717, 1.165) is 39.2 Å². The van der Waals surface area contributed by atoms with E-state index in [9.17, 15) is 15.0 Å². The summed E-state index contributed by atoms with van der Waals surface area (Å²) in [4.78, 5) is 10.7. The van der Waals surface area contributed by atoms with Gasteiger partial charge in [-0.2, -0.15) is 0 Å². The first-order valence-electron chi connectivity index (χ1n) is 9.64. The molecular formula is C21H31NaO5. The number of aliphatic hydroxyl groups excluding tert-OH is 2. The Labute approximate surface area is 184 Å². The van der Waals surface area contributed by atoms with Crippen molar-refractivity contribution in [1.82, 2.24) is 0 Å². The molecule has 4 atom stereocenters. The van der Waals surface area contributed by atoms with Gasteiger partial charge in [-0.1, -0.05) is 19.1 Å². The molecule has 146 valence electrons. The Morgan fingerprint density at radius 1 is 1.30 bits per heavy atom. The summed E-state index contributed by atoms with van der Waals surface area (Å²) in [5, 5.41) is 27.5. The average Bonchev–Trinajstić information content (AvgIpc) is 3.06. The van der Waals surface area contributed by atoms with Crippen molar-refractivity contribution in [1.29, 1.82) is 0 Å². The Morgan fingerprint density at radius 2 is 2.04 bits per heavy atom. The van der Waals surface area contributed by atoms with Crippen LogP contribution in [0.5, 0.6) is 5.75 Å². The third kappa shape index (κ3) is 6.47. The van der Waals surface area contributed by atoms with Gasteiger partial charge in [0, 0.05) is 7.11 Å². The molecule has 27 heavy (non-hydrogen) atoms. The summed E-state index contributed by atoms with van der Waals surface area (Å²) in [5.41, 5.74) is 2.49. The van der Waals surface area contributed by atoms with Crippen molar-refractivity contribution < 1.29 is 54.4 Å². The molecule has 1 fully saturated rings. The van der Waals surface area contributed by atoms with E-state index in [0.29, 0.717) is 23.5 Å². The zero-order valence-electron chi connectivity index (χ0n) is 16.8. The van der Waals surface area contributed by atoms with Gasteiger partial charge in [0.25, 0.3) is 0 Å². The van der Waals surface area contributed by atoms with Gasteiger partial charge in [-0.3, -0.25) is 0 Å². The van der Waals surface area contributed by atoms with Crippen molar-refractivity contribution in [2.45, 2.75) is 58.0 Å². The van der Waals surface area contributed by atoms with Gasteiger partial charge in [-0.05, 0) is 79.9 Å². The van der Waals surface area contributed by atoms with E-state index in [4.69, 9.17) is 9.84 Å². The van der Waals surface area contributed by atoms with Crippen LogP contribution in [0.25, 0.3) is 0 Å². The molecule has 5 nitrogen and oxygen atoms in total. The van der Waals surface area contributed by atoms with Crippen LogP contribution in [0.15, 0.2) is 18.2 Å². The van der Waals surface area contributed by atoms with Crippen LogP contribution in [0.2, 0.25) is 0 Å². The topological polar surface area (TPSA) is 89.8 Å². The van der Waals surface area contributed by atoms with Gasteiger partial charge in [-0.15, -0.1) is 0 Å². The molecule has 0 heterocycles. The third-order valence-electron chi connectivity index (χ3n) is 5.96. The van der Waals surface area contributed by atoms with Crippen molar-refractivity contribution in [3.8, 4) is 5.75 Å². The fourth-order valence-corrected chi connectivity index (χ4v) is 4.62. The van der Waals surface area contributed by atoms with Gasteiger partial charge < -0.3 is 24.9 Å². The quantitative estimate of drug-likeness (QED) is 0.570. The number of carboxylic acid groups (broad SMARTS) is 1. The Balaban J connectivity index is 0.00000118. The summed E-state index contributed by atoms with van der Waals surface area (Å²) in [6.45, 7) is 1.65. The number of carboxylic acids is 1. The zero-order valence-corrected chi connectivity index (χ0v) is 18.8. The number of fused-ring (bicyclic) bond motifs is 2. The summed E-state index contributed by atoms with van der Waals surface area (Å²) in [7, 11) is 1.00. The molecule has 1 saturated carbocycles. The van der Waals surface area contributed by atoms with Gasteiger partial charge in [0.2, 0.25) is 0 Å². The van der Waals surface area contributed by atoms with Gasteiger partial charge in [0.15, 0.2) is 0 Å². The molecule has 0 unspecified atom stereocenters. The van der Waals surface area contributed by atoms with E-state index >= 15 is 0 Å². The first kappa shape index (κ1) is 24.4. The van der Waals surface area contributed by atoms with E-state index in [-0.39, 0.29) is 42.3 Å². The second-order valence-electron chi connectivity index (χ2n) is 7.36. The van der Waals surface area contributed by atoms with Crippen LogP contribution in [0.4, 0.5) is 0 Å². The predicted octanol–water partition coefficient (Wildman–Crippen LogP) is -1.28. The summed E-state index contributed by atoms with van der Waals surface area (Å²) in [6, 6.07) is 5.97. The molecule has 3 rings (SSSR count). The molecule has 2 aliphatic carbocycles. The van der Waals surface area contributed by atoms with Crippen molar-refractivity contribution in [3.05, 3.63) is 29.3 Å². The first-order chi connectivity index (χ1) is 12.6. The second-order valence-corrected chi connectivity index (χ2v) is 7.36. The van der Waals surface area contributed by atoms with E-state index in [2.05, 4.69) is 6.07 Å². The SMILES string of the molecule is CC[C@H](O)CC[C@H]1CC[C@@H]2Cc3c(cccc3OCC(=O)[O-])C[C@H]12.CO.[Na+]. The monoisotopic (exact) mass is 386 g/mol. The number of hydrogen-bond donors (Lipinski definition) is 2. The molecule has 2 aliphatic rings. The minimum absolute atomic E-state index is 0. The van der Waals surface area contributed by atoms with Crippen LogP contribution in [0, 0.1) is 17.8 Å². The van der Waals surface area contributed by atoms with Crippen LogP contribution in [-0.4, -0.2) is 36.0 Å². The maximum absolute atomic E-state index is 10.7. The first-order valence-corrected chi connectivity index (χ1v) is 9.64. The maximum Gasteiger partial charge on any atom is 1.00 e. The molecule has 0 spiro atoms. The molecule has 1 aromatic carbocycles. The minimum atomic E-state index is -1.18. The van der Waals surface area contributed by atoms with Crippen molar-refractivity contribution in [2.75, 3.05) is 13.7 Å². The van der Waals surface area contributed by atoms with E-state index in [1.54, 1.807) is 0 Å². The molecular weight excluding hydrogens is 355 g/mol. The smallest absolute Gasteiger partial charge is 0.546 e. The Kier molecular flexibility index (Phi) is 10.9. The van der Waals surface area contributed by atoms with Crippen molar-refractivity contribution >= 4 is 5.97 Å². The maximum atomic E-state index is 10.7. The fourth-order valence-electron chi connectivity index (χ4n) is 4.62. The number of hydrogen-bond acceptors (Lipinski definition) is 5. The zero-order chi connectivity index (χ0) is 19.1. The van der Waals surface area contributed by atoms with Gasteiger partial charge in [-0.25, -0.2) is 0 Å². The number of ether oxygens (including phenoxy) is 1. The molecule has 0 radical (unpaired) electrons. The number of aliphatic hydroxyl groups is 2. The van der Waals surface area contributed by atoms with E-state index < -0.39 is 5.97 Å². The molecule has 0 saturated heterocycles. The van der Waals surface area contributed by atoms with E-state index in [1.165, 1.54) is 24.0 Å². The van der Waals surface area contributed by atoms with Crippen molar-refractivity contribution in [2.24, 2.45) is 17.8 Å². The molecule has 0 aromatic heterocycles. The summed E-state index contributed by atoms with van der Waals surface area (Å²) >= 11 is 0. The third-order valence-corrected chi connectivity index (χ3v) is 5.96. The van der Waals surface area contributed by atoms with Crippen LogP contribution in [0.3, 0.4) is 0 Å². The van der Waals surface area contributed by atoms with Crippen LogP contribution < -0.4 is 39.4 Å². The number of carbonyl (C=O) groups excluding carboxylic acids is 1. The molecule has 6 heteroatoms. The van der Waals surface area contributed by atoms with Gasteiger partial charge >= 0.3 is 29.6 Å². The van der Waals surface area contributed by atoms with Crippen molar-refractivity contribution in [3.63, 3.8) is 0 Å². The largest absolute Gasteiger partial charge is 1.00 e. The van der Waals surface area contributed by atoms with E-state index in [1.807, 2.05) is 19.1 Å². The predicted molar refractivity (Wildman–Crippen MR) is 97.7 cm³/mol. The summed E-state index contributed by atoms with van der Waals surface area (Å²) in [5.74, 6) is 1.58. The fraction of sp³-hybridized carbons (Fsp3) is 0.667. The Bertz CT molecular complexity index is 592. The van der Waals surface area contributed by atoms with Crippen LogP contribution >= 0.6 is 0 Å². The molecule has 0 amide bonds. The van der Waals surface area contributed by atoms with Gasteiger partial charge in [0.1, 0.15) is 12.4 Å². The second kappa shape index (κ2) is 12.1. The number of carbonyl (C=O) groups is 1. The summed E-state index contributed by atoms with van der Waals surface area (Å²) in [6.07, 6.45) is 7.21. The number of rotatable bonds is 7. The molecule has 2 N–H and O–H groups in total. The minimum Gasteiger partial charge on any atom is -0.546 e. The van der Waals surface area contributed by atoms with Crippen LogP contribution in [0.1, 0.15) is 50.2 Å². The number of benzene rings is 1. The average molecular weight is 386 g/mol. The van der Waals surface area contributed by atoms with Gasteiger partial charge in [0.05, 0.1) is 12.1 Å². The normalized spacial score (nSPS) is 23.8. The Hall–Kier alpha value is -0.590. The Morgan fingerprint density at radius 3 is 2.70 bits per heavy atom. The molecule has 1 aromatic rings. The standard InChI is InChI=1S/C20H28O4.CH4O.Na/c1-2-16(21)9-8-13-6-7-15-11-18-14(10-17(13)15)4-3-5-19(18)24-12-20(22)23;1-2;/h3-5,13,15-17,21H,2,6-12H2,1H3,(H,22,23);2H,1H3;/q;;+1/p-1/t13-,15-,16+,17-;;/m1../s1.